The van der Waals surface area contributed by atoms with Crippen molar-refractivity contribution in [2.45, 2.75) is 19.3 Å². The predicted octanol–water partition coefficient (Wildman–Crippen LogP) is 4.27. The van der Waals surface area contributed by atoms with Gasteiger partial charge in [0.25, 0.3) is 6.29 Å². The van der Waals surface area contributed by atoms with Gasteiger partial charge in [-0.3, -0.25) is 0 Å². The topological polar surface area (TPSA) is 210 Å². The molecule has 0 saturated heterocycles. The number of nitrogens with zero attached hydrogens (tertiary/aromatic N) is 1. The molecule has 3 aromatic rings. The summed E-state index contributed by atoms with van der Waals surface area (Å²) in [5, 5.41) is 75.2. The van der Waals surface area contributed by atoms with E-state index in [1.807, 2.05) is 0 Å². The fraction of sp³-hybridized carbons (Fsp3) is 0.167. The maximum Gasteiger partial charge on any atom is 0.341 e. The van der Waals surface area contributed by atoms with Gasteiger partial charge in [-0.1, -0.05) is 0 Å². The zero-order chi connectivity index (χ0) is 28.6. The number of carbonyl (C=O) groups is 1. The van der Waals surface area contributed by atoms with E-state index in [0.717, 1.165) is 24.3 Å². The molecule has 0 bridgehead atoms. The Hall–Kier alpha value is -4.60. The summed E-state index contributed by atoms with van der Waals surface area (Å²) in [6, 6.07) is 9.46. The molecular formula is C24H21Cl2NO11. The first-order chi connectivity index (χ1) is 18.0. The van der Waals surface area contributed by atoms with Crippen molar-refractivity contribution >= 4 is 29.2 Å². The normalized spacial score (nSPS) is 15.0. The Morgan fingerprint density at radius 1 is 0.868 bits per heavy atom. The summed E-state index contributed by atoms with van der Waals surface area (Å²) in [5.74, 6) is -5.53. The monoisotopic (exact) mass is 569 g/mol. The van der Waals surface area contributed by atoms with Crippen LogP contribution in [0.3, 0.4) is 0 Å². The summed E-state index contributed by atoms with van der Waals surface area (Å²) in [5.41, 5.74) is -0.283. The van der Waals surface area contributed by atoms with Crippen LogP contribution >= 0.6 is 23.2 Å². The first-order valence-electron chi connectivity index (χ1n) is 10.3. The molecule has 202 valence electrons. The van der Waals surface area contributed by atoms with Crippen LogP contribution in [0.1, 0.15) is 28.9 Å². The fourth-order valence-electron chi connectivity index (χ4n) is 3.06. The summed E-state index contributed by atoms with van der Waals surface area (Å²) in [7, 11) is 0. The number of rotatable bonds is 3. The van der Waals surface area contributed by atoms with E-state index in [9.17, 15) is 40.5 Å². The number of phenolic OH excluding ortho intramolecular Hbond substituents is 7. The Morgan fingerprint density at radius 3 is 1.84 bits per heavy atom. The van der Waals surface area contributed by atoms with Crippen molar-refractivity contribution in [3.63, 3.8) is 0 Å². The summed E-state index contributed by atoms with van der Waals surface area (Å²) in [4.78, 5) is 12.6. The molecule has 0 radical (unpaired) electrons. The zero-order valence-corrected chi connectivity index (χ0v) is 20.9. The van der Waals surface area contributed by atoms with Crippen LogP contribution in [0, 0.1) is 11.3 Å². The largest absolute Gasteiger partial charge is 0.508 e. The van der Waals surface area contributed by atoms with Crippen molar-refractivity contribution in [3.8, 4) is 57.8 Å². The van der Waals surface area contributed by atoms with Crippen molar-refractivity contribution < 1.29 is 54.8 Å². The number of fused-ring (bicyclic) bond motifs is 1. The van der Waals surface area contributed by atoms with Crippen molar-refractivity contribution in [2.24, 2.45) is 0 Å². The van der Waals surface area contributed by atoms with Crippen molar-refractivity contribution in [3.05, 3.63) is 53.6 Å². The Kier molecular flexibility index (Phi) is 10.2. The lowest BCUT2D eigenvalue weighted by Crippen LogP contribution is -2.37. The molecule has 1 aliphatic rings. The van der Waals surface area contributed by atoms with Crippen LogP contribution in [0.25, 0.3) is 0 Å². The molecule has 0 aliphatic carbocycles. The van der Waals surface area contributed by atoms with Crippen molar-refractivity contribution in [2.75, 3.05) is 5.34 Å². The molecule has 4 rings (SSSR count). The van der Waals surface area contributed by atoms with E-state index in [2.05, 4.69) is 0 Å². The molecule has 0 spiro atoms. The van der Waals surface area contributed by atoms with Crippen LogP contribution in [-0.4, -0.2) is 53.3 Å². The molecule has 1 aliphatic heterocycles. The number of esters is 1. The highest BCUT2D eigenvalue weighted by Crippen LogP contribution is 2.45. The first-order valence-corrected chi connectivity index (χ1v) is 11.3. The van der Waals surface area contributed by atoms with Gasteiger partial charge in [-0.25, -0.2) is 4.79 Å². The number of carbonyl (C=O) groups excluding carboxylic acids is 1. The average Bonchev–Trinajstić information content (AvgIpc) is 2.86. The maximum absolute atomic E-state index is 12.6. The van der Waals surface area contributed by atoms with Crippen LogP contribution < -0.4 is 9.47 Å². The van der Waals surface area contributed by atoms with E-state index < -0.39 is 52.9 Å². The number of nitriles is 1. The van der Waals surface area contributed by atoms with Gasteiger partial charge in [0, 0.05) is 18.6 Å². The van der Waals surface area contributed by atoms with Gasteiger partial charge in [0.15, 0.2) is 52.1 Å². The molecule has 0 amide bonds. The number of phenols is 7. The fourth-order valence-corrected chi connectivity index (χ4v) is 3.06. The number of hydrogen-bond acceptors (Lipinski definition) is 12. The lowest BCUT2D eigenvalue weighted by atomic mass is 10.1. The van der Waals surface area contributed by atoms with Gasteiger partial charge >= 0.3 is 5.97 Å². The Bertz CT molecular complexity index is 1300. The molecule has 1 heterocycles. The molecule has 38 heavy (non-hydrogen) atoms. The number of alkyl halides is 2. The van der Waals surface area contributed by atoms with Crippen LogP contribution in [0.4, 0.5) is 0 Å². The molecular weight excluding hydrogens is 549 g/mol. The standard InChI is InChI=1S/C21H16O11.C2H3N.CH2Cl2/c22-10-1-2-15-16(7-10)30-19(8-3-11(23)17(27)12(24)4-8)21(31-15)32-20(29)9-5-13(25)18(28)14(26)6-9;1-2-3;2-1-3/h1-7,19,21-28H;1H3;1H2/t19-,21+;;/m1../s1. The molecule has 3 aromatic carbocycles. The SMILES string of the molecule is CC#N.ClCCl.O=C(O[C@@H]1Oc2ccc(O)cc2O[C@@H]1c1cc(O)c(O)c(O)c1)c1cc(O)c(O)c(O)c1. The first kappa shape index (κ1) is 29.6. The minimum atomic E-state index is -1.51. The van der Waals surface area contributed by atoms with Crippen molar-refractivity contribution in [1.82, 2.24) is 0 Å². The average molecular weight is 570 g/mol. The quantitative estimate of drug-likeness (QED) is 0.134. The number of ether oxygens (including phenoxy) is 3. The second-order valence-corrected chi connectivity index (χ2v) is 7.96. The Labute approximate surface area is 225 Å². The van der Waals surface area contributed by atoms with Gasteiger partial charge in [0.05, 0.1) is 17.0 Å². The third-order valence-electron chi connectivity index (χ3n) is 4.62. The van der Waals surface area contributed by atoms with E-state index in [1.54, 1.807) is 6.07 Å². The van der Waals surface area contributed by atoms with Crippen LogP contribution in [0.5, 0.6) is 51.7 Å². The highest BCUT2D eigenvalue weighted by molar-refractivity contribution is 6.40. The van der Waals surface area contributed by atoms with E-state index in [4.69, 9.17) is 42.7 Å². The summed E-state index contributed by atoms with van der Waals surface area (Å²) < 4.78 is 16.7. The highest BCUT2D eigenvalue weighted by atomic mass is 35.5. The van der Waals surface area contributed by atoms with Gasteiger partial charge in [0.1, 0.15) is 5.75 Å². The van der Waals surface area contributed by atoms with Gasteiger partial charge in [-0.05, 0) is 36.4 Å². The molecule has 0 aromatic heterocycles. The molecule has 14 heteroatoms. The third kappa shape index (κ3) is 7.00. The lowest BCUT2D eigenvalue weighted by Gasteiger charge is -2.33. The van der Waals surface area contributed by atoms with E-state index in [1.165, 1.54) is 25.1 Å². The smallest absolute Gasteiger partial charge is 0.341 e. The minimum absolute atomic E-state index is 0.0426. The number of halogens is 2. The minimum Gasteiger partial charge on any atom is -0.508 e. The highest BCUT2D eigenvalue weighted by Gasteiger charge is 2.37. The summed E-state index contributed by atoms with van der Waals surface area (Å²) >= 11 is 9.53. The van der Waals surface area contributed by atoms with Gasteiger partial charge in [-0.2, -0.15) is 5.26 Å². The molecule has 12 nitrogen and oxygen atoms in total. The van der Waals surface area contributed by atoms with Gasteiger partial charge < -0.3 is 50.0 Å². The zero-order valence-electron chi connectivity index (χ0n) is 19.4. The molecule has 0 fully saturated rings. The van der Waals surface area contributed by atoms with E-state index in [0.29, 0.717) is 0 Å². The molecule has 0 saturated carbocycles. The van der Waals surface area contributed by atoms with E-state index >= 15 is 0 Å². The van der Waals surface area contributed by atoms with Crippen LogP contribution in [0.2, 0.25) is 0 Å². The Balaban J connectivity index is 0.000000773. The molecule has 7 N–H and O–H groups in total. The predicted molar refractivity (Wildman–Crippen MR) is 132 cm³/mol. The summed E-state index contributed by atoms with van der Waals surface area (Å²) in [6.45, 7) is 1.43. The molecule has 2 atom stereocenters. The summed E-state index contributed by atoms with van der Waals surface area (Å²) in [6.07, 6.45) is -2.80. The Morgan fingerprint density at radius 2 is 1.34 bits per heavy atom. The van der Waals surface area contributed by atoms with E-state index in [-0.39, 0.29) is 33.7 Å². The number of aromatic hydroxyl groups is 7. The van der Waals surface area contributed by atoms with Crippen LogP contribution in [-0.2, 0) is 4.74 Å². The maximum atomic E-state index is 12.6. The number of benzene rings is 3. The van der Waals surface area contributed by atoms with Gasteiger partial charge in [0.2, 0.25) is 0 Å². The van der Waals surface area contributed by atoms with Crippen LogP contribution in [0.15, 0.2) is 42.5 Å². The van der Waals surface area contributed by atoms with Crippen molar-refractivity contribution in [1.29, 1.82) is 5.26 Å². The molecule has 0 unspecified atom stereocenters. The third-order valence-corrected chi connectivity index (χ3v) is 4.62. The lowest BCUT2D eigenvalue weighted by molar-refractivity contribution is -0.124. The second kappa shape index (κ2) is 13.1. The second-order valence-electron chi connectivity index (χ2n) is 7.16. The van der Waals surface area contributed by atoms with Gasteiger partial charge in [-0.15, -0.1) is 23.2 Å². The number of hydrogen-bond donors (Lipinski definition) is 7.